The van der Waals surface area contributed by atoms with E-state index in [1.807, 2.05) is 19.0 Å². The van der Waals surface area contributed by atoms with Gasteiger partial charge in [0.15, 0.2) is 0 Å². The molecule has 1 aromatic rings. The molecular formula is C11H18BrN5O2. The fourth-order valence-corrected chi connectivity index (χ4v) is 1.75. The maximum atomic E-state index is 12.0. The van der Waals surface area contributed by atoms with Gasteiger partial charge in [0.1, 0.15) is 10.5 Å². The molecule has 1 amide bonds. The Morgan fingerprint density at radius 2 is 2.26 bits per heavy atom. The van der Waals surface area contributed by atoms with Crippen LogP contribution in [0.2, 0.25) is 0 Å². The number of primary amides is 1. The first-order chi connectivity index (χ1) is 8.82. The van der Waals surface area contributed by atoms with Crippen LogP contribution in [-0.4, -0.2) is 47.3 Å². The van der Waals surface area contributed by atoms with Crippen molar-refractivity contribution in [1.82, 2.24) is 14.7 Å². The minimum absolute atomic E-state index is 0.247. The van der Waals surface area contributed by atoms with Crippen LogP contribution in [0.25, 0.3) is 0 Å². The summed E-state index contributed by atoms with van der Waals surface area (Å²) in [5.41, 5.74) is 5.37. The van der Waals surface area contributed by atoms with E-state index >= 15 is 0 Å². The predicted octanol–water partition coefficient (Wildman–Crippen LogP) is -0.147. The van der Waals surface area contributed by atoms with Gasteiger partial charge in [0.05, 0.1) is 18.4 Å². The van der Waals surface area contributed by atoms with Crippen molar-refractivity contribution in [3.63, 3.8) is 0 Å². The highest BCUT2D eigenvalue weighted by atomic mass is 79.9. The molecule has 3 N–H and O–H groups in total. The van der Waals surface area contributed by atoms with Gasteiger partial charge in [-0.25, -0.2) is 4.68 Å². The van der Waals surface area contributed by atoms with Gasteiger partial charge in [0, 0.05) is 6.54 Å². The first-order valence-electron chi connectivity index (χ1n) is 5.79. The molecule has 1 atom stereocenters. The van der Waals surface area contributed by atoms with E-state index in [1.165, 1.54) is 10.9 Å². The average molecular weight is 332 g/mol. The van der Waals surface area contributed by atoms with Gasteiger partial charge >= 0.3 is 0 Å². The quantitative estimate of drug-likeness (QED) is 0.756. The number of hydrogen-bond donors (Lipinski definition) is 2. The topological polar surface area (TPSA) is 93.2 Å². The van der Waals surface area contributed by atoms with Crippen molar-refractivity contribution in [2.24, 2.45) is 5.73 Å². The Balaban J connectivity index is 2.91. The summed E-state index contributed by atoms with van der Waals surface area (Å²) in [5, 5.41) is 6.89. The van der Waals surface area contributed by atoms with E-state index in [0.717, 1.165) is 0 Å². The molecule has 0 saturated carbocycles. The number of aromatic nitrogens is 2. The second-order valence-corrected chi connectivity index (χ2v) is 5.27. The van der Waals surface area contributed by atoms with Crippen LogP contribution in [0.15, 0.2) is 15.5 Å². The maximum absolute atomic E-state index is 12.0. The van der Waals surface area contributed by atoms with Gasteiger partial charge in [-0.2, -0.15) is 5.10 Å². The van der Waals surface area contributed by atoms with E-state index in [1.54, 1.807) is 6.92 Å². The number of carbonyl (C=O) groups excluding carboxylic acids is 1. The van der Waals surface area contributed by atoms with Gasteiger partial charge in [-0.3, -0.25) is 9.59 Å². The second-order valence-electron chi connectivity index (χ2n) is 4.47. The summed E-state index contributed by atoms with van der Waals surface area (Å²) in [7, 11) is 3.84. The molecule has 0 saturated heterocycles. The number of hydrogen-bond acceptors (Lipinski definition) is 5. The third-order valence-corrected chi connectivity index (χ3v) is 3.31. The Labute approximate surface area is 119 Å². The van der Waals surface area contributed by atoms with Crippen LogP contribution in [-0.2, 0) is 11.3 Å². The van der Waals surface area contributed by atoms with Crippen molar-refractivity contribution >= 4 is 27.5 Å². The summed E-state index contributed by atoms with van der Waals surface area (Å²) in [5.74, 6) is -0.497. The van der Waals surface area contributed by atoms with Crippen LogP contribution in [0.4, 0.5) is 5.69 Å². The summed E-state index contributed by atoms with van der Waals surface area (Å²) in [6.07, 6.45) is 1.50. The molecule has 0 aromatic carbocycles. The zero-order chi connectivity index (χ0) is 14.6. The molecule has 0 radical (unpaired) electrons. The summed E-state index contributed by atoms with van der Waals surface area (Å²) in [4.78, 5) is 25.0. The standard InChI is InChI=1S/C11H18BrN5O2/c1-7(10(13)18)15-8-6-14-17(5-4-16(2)3)11(19)9(8)12/h6-7,15H,4-5H2,1-3H3,(H2,13,18). The number of rotatable bonds is 6. The van der Waals surface area contributed by atoms with E-state index in [-0.39, 0.29) is 5.56 Å². The largest absolute Gasteiger partial charge is 0.372 e. The fourth-order valence-electron chi connectivity index (χ4n) is 1.32. The smallest absolute Gasteiger partial charge is 0.283 e. The van der Waals surface area contributed by atoms with E-state index < -0.39 is 11.9 Å². The van der Waals surface area contributed by atoms with Crippen molar-refractivity contribution < 1.29 is 4.79 Å². The molecule has 106 valence electrons. The van der Waals surface area contributed by atoms with Crippen LogP contribution in [0.3, 0.4) is 0 Å². The monoisotopic (exact) mass is 331 g/mol. The number of nitrogens with zero attached hydrogens (tertiary/aromatic N) is 3. The second kappa shape index (κ2) is 6.67. The maximum Gasteiger partial charge on any atom is 0.283 e. The fraction of sp³-hybridized carbons (Fsp3) is 0.545. The zero-order valence-corrected chi connectivity index (χ0v) is 12.8. The number of amides is 1. The lowest BCUT2D eigenvalue weighted by Crippen LogP contribution is -2.34. The van der Waals surface area contributed by atoms with Gasteiger partial charge in [0.2, 0.25) is 5.91 Å². The Bertz CT molecular complexity index is 514. The third-order valence-electron chi connectivity index (χ3n) is 2.54. The first kappa shape index (κ1) is 15.6. The summed E-state index contributed by atoms with van der Waals surface area (Å²) >= 11 is 3.21. The van der Waals surface area contributed by atoms with Gasteiger partial charge in [0.25, 0.3) is 5.56 Å². The molecule has 0 bridgehead atoms. The van der Waals surface area contributed by atoms with E-state index in [0.29, 0.717) is 23.2 Å². The summed E-state index contributed by atoms with van der Waals surface area (Å²) in [6.45, 7) is 2.83. The van der Waals surface area contributed by atoms with Crippen LogP contribution in [0, 0.1) is 0 Å². The Kier molecular flexibility index (Phi) is 5.49. The number of nitrogens with two attached hydrogens (primary N) is 1. The molecule has 0 aliphatic carbocycles. The first-order valence-corrected chi connectivity index (χ1v) is 6.58. The van der Waals surface area contributed by atoms with E-state index in [9.17, 15) is 9.59 Å². The zero-order valence-electron chi connectivity index (χ0n) is 11.2. The lowest BCUT2D eigenvalue weighted by molar-refractivity contribution is -0.118. The van der Waals surface area contributed by atoms with Crippen LogP contribution in [0.5, 0.6) is 0 Å². The molecule has 1 unspecified atom stereocenters. The average Bonchev–Trinajstić information content (AvgIpc) is 2.33. The molecule has 8 heteroatoms. The number of nitrogens with one attached hydrogen (secondary N) is 1. The molecule has 7 nitrogen and oxygen atoms in total. The van der Waals surface area contributed by atoms with Gasteiger partial charge in [-0.05, 0) is 36.9 Å². The Morgan fingerprint density at radius 3 is 2.79 bits per heavy atom. The van der Waals surface area contributed by atoms with Crippen molar-refractivity contribution in [2.75, 3.05) is 26.0 Å². The molecule has 0 aliphatic rings. The molecule has 0 fully saturated rings. The van der Waals surface area contributed by atoms with Crippen molar-refractivity contribution in [1.29, 1.82) is 0 Å². The van der Waals surface area contributed by atoms with Crippen molar-refractivity contribution in [3.05, 3.63) is 21.0 Å². The van der Waals surface area contributed by atoms with E-state index in [2.05, 4.69) is 26.3 Å². The van der Waals surface area contributed by atoms with Crippen molar-refractivity contribution in [2.45, 2.75) is 19.5 Å². The number of halogens is 1. The molecule has 1 rings (SSSR count). The van der Waals surface area contributed by atoms with Crippen LogP contribution >= 0.6 is 15.9 Å². The Morgan fingerprint density at radius 1 is 1.63 bits per heavy atom. The lowest BCUT2D eigenvalue weighted by Gasteiger charge is -2.14. The highest BCUT2D eigenvalue weighted by Gasteiger charge is 2.13. The van der Waals surface area contributed by atoms with Crippen molar-refractivity contribution in [3.8, 4) is 0 Å². The molecule has 19 heavy (non-hydrogen) atoms. The number of carbonyl (C=O) groups is 1. The summed E-state index contributed by atoms with van der Waals surface area (Å²) in [6, 6.07) is -0.574. The molecule has 1 heterocycles. The van der Waals surface area contributed by atoms with Crippen LogP contribution < -0.4 is 16.6 Å². The highest BCUT2D eigenvalue weighted by Crippen LogP contribution is 2.16. The van der Waals surface area contributed by atoms with Gasteiger partial charge in [-0.15, -0.1) is 0 Å². The van der Waals surface area contributed by atoms with Gasteiger partial charge < -0.3 is 16.0 Å². The number of likely N-dealkylation sites (N-methyl/N-ethyl adjacent to an activating group) is 1. The molecule has 0 aliphatic heterocycles. The normalized spacial score (nSPS) is 12.5. The molecule has 1 aromatic heterocycles. The minimum Gasteiger partial charge on any atom is -0.372 e. The SMILES string of the molecule is CC(Nc1cnn(CCN(C)C)c(=O)c1Br)C(N)=O. The van der Waals surface area contributed by atoms with E-state index in [4.69, 9.17) is 5.73 Å². The number of anilines is 1. The highest BCUT2D eigenvalue weighted by molar-refractivity contribution is 9.10. The minimum atomic E-state index is -0.574. The molecule has 0 spiro atoms. The van der Waals surface area contributed by atoms with Gasteiger partial charge in [-0.1, -0.05) is 0 Å². The van der Waals surface area contributed by atoms with Crippen LogP contribution in [0.1, 0.15) is 6.92 Å². The summed E-state index contributed by atoms with van der Waals surface area (Å²) < 4.78 is 1.71. The predicted molar refractivity (Wildman–Crippen MR) is 77.0 cm³/mol. The third kappa shape index (κ3) is 4.32. The Hall–Kier alpha value is -1.41. The molecular weight excluding hydrogens is 314 g/mol. The lowest BCUT2D eigenvalue weighted by atomic mass is 10.3.